The maximum atomic E-state index is 12.4. The van der Waals surface area contributed by atoms with Crippen molar-refractivity contribution in [1.82, 2.24) is 9.80 Å². The van der Waals surface area contributed by atoms with Gasteiger partial charge >= 0.3 is 0 Å². The molecule has 1 aliphatic heterocycles. The van der Waals surface area contributed by atoms with Gasteiger partial charge in [0.1, 0.15) is 0 Å². The number of hydrogen-bond donors (Lipinski definition) is 0. The Bertz CT molecular complexity index is 483. The van der Waals surface area contributed by atoms with Crippen molar-refractivity contribution in [2.75, 3.05) is 33.2 Å². The van der Waals surface area contributed by atoms with E-state index in [9.17, 15) is 4.79 Å². The minimum Gasteiger partial charge on any atom is -0.340 e. The molecule has 0 spiro atoms. The second kappa shape index (κ2) is 7.28. The summed E-state index contributed by atoms with van der Waals surface area (Å²) in [7, 11) is 2.12. The molecule has 1 amide bonds. The van der Waals surface area contributed by atoms with Gasteiger partial charge in [0.05, 0.1) is 6.42 Å². The van der Waals surface area contributed by atoms with E-state index in [1.54, 1.807) is 0 Å². The lowest BCUT2D eigenvalue weighted by Gasteiger charge is -2.32. The van der Waals surface area contributed by atoms with E-state index in [-0.39, 0.29) is 5.91 Å². The molecule has 1 aromatic rings. The Kier molecular flexibility index (Phi) is 5.14. The van der Waals surface area contributed by atoms with Crippen LogP contribution in [0.1, 0.15) is 49.1 Å². The summed E-state index contributed by atoms with van der Waals surface area (Å²) in [6.45, 7) is 3.73. The fourth-order valence-electron chi connectivity index (χ4n) is 3.69. The molecule has 1 aliphatic carbocycles. The molecule has 3 heteroatoms. The number of carbonyl (C=O) groups is 1. The average Bonchev–Trinajstić information content (AvgIpc) is 2.57. The number of amides is 1. The summed E-state index contributed by atoms with van der Waals surface area (Å²) in [5, 5.41) is 0. The molecule has 1 saturated carbocycles. The quantitative estimate of drug-likeness (QED) is 0.856. The molecule has 0 bridgehead atoms. The summed E-state index contributed by atoms with van der Waals surface area (Å²) in [5.74, 6) is 1.02. The minimum atomic E-state index is 0.276. The predicted octanol–water partition coefficient (Wildman–Crippen LogP) is 3.05. The van der Waals surface area contributed by atoms with Gasteiger partial charge in [0.15, 0.2) is 0 Å². The molecule has 0 N–H and O–H groups in total. The third kappa shape index (κ3) is 3.89. The van der Waals surface area contributed by atoms with Crippen molar-refractivity contribution in [3.05, 3.63) is 35.4 Å². The van der Waals surface area contributed by atoms with Crippen molar-refractivity contribution in [3.63, 3.8) is 0 Å². The van der Waals surface area contributed by atoms with Gasteiger partial charge in [-0.2, -0.15) is 0 Å². The fourth-order valence-corrected chi connectivity index (χ4v) is 3.69. The third-order valence-corrected chi connectivity index (χ3v) is 5.27. The Hall–Kier alpha value is -1.35. The van der Waals surface area contributed by atoms with Crippen LogP contribution in [0, 0.1) is 0 Å². The van der Waals surface area contributed by atoms with Crippen LogP contribution < -0.4 is 0 Å². The largest absolute Gasteiger partial charge is 0.340 e. The molecule has 1 heterocycles. The summed E-state index contributed by atoms with van der Waals surface area (Å²) < 4.78 is 0. The van der Waals surface area contributed by atoms with Gasteiger partial charge in [-0.15, -0.1) is 0 Å². The second-order valence-electron chi connectivity index (χ2n) is 6.94. The maximum absolute atomic E-state index is 12.4. The molecule has 3 rings (SSSR count). The molecule has 2 fully saturated rings. The summed E-state index contributed by atoms with van der Waals surface area (Å²) >= 11 is 0. The van der Waals surface area contributed by atoms with Gasteiger partial charge in [-0.3, -0.25) is 4.79 Å². The summed E-state index contributed by atoms with van der Waals surface area (Å²) in [6, 6.07) is 8.83. The maximum Gasteiger partial charge on any atom is 0.227 e. The van der Waals surface area contributed by atoms with Crippen molar-refractivity contribution in [2.45, 2.75) is 44.4 Å². The highest BCUT2D eigenvalue weighted by molar-refractivity contribution is 5.78. The lowest BCUT2D eigenvalue weighted by atomic mass is 9.84. The van der Waals surface area contributed by atoms with Crippen molar-refractivity contribution < 1.29 is 4.79 Å². The standard InChI is InChI=1S/C19H28N2O/c1-20-11-13-21(14-12-20)19(22)15-16-7-9-18(10-8-16)17-5-3-2-4-6-17/h7-10,17H,2-6,11-15H2,1H3. The van der Waals surface area contributed by atoms with Gasteiger partial charge in [0.25, 0.3) is 0 Å². The van der Waals surface area contributed by atoms with Crippen LogP contribution in [-0.4, -0.2) is 48.9 Å². The molecule has 0 aromatic heterocycles. The van der Waals surface area contributed by atoms with Gasteiger partial charge in [-0.05, 0) is 36.9 Å². The van der Waals surface area contributed by atoms with E-state index in [2.05, 4.69) is 36.2 Å². The molecule has 2 aliphatic rings. The van der Waals surface area contributed by atoms with Crippen molar-refractivity contribution in [2.24, 2.45) is 0 Å². The Labute approximate surface area is 134 Å². The highest BCUT2D eigenvalue weighted by Gasteiger charge is 2.19. The first kappa shape index (κ1) is 15.5. The van der Waals surface area contributed by atoms with Gasteiger partial charge < -0.3 is 9.80 Å². The Morgan fingerprint density at radius 2 is 1.64 bits per heavy atom. The normalized spacial score (nSPS) is 21.0. The first-order valence-corrected chi connectivity index (χ1v) is 8.77. The van der Waals surface area contributed by atoms with Crippen molar-refractivity contribution in [3.8, 4) is 0 Å². The molecule has 120 valence electrons. The van der Waals surface area contributed by atoms with E-state index < -0.39 is 0 Å². The first-order chi connectivity index (χ1) is 10.7. The zero-order valence-corrected chi connectivity index (χ0v) is 13.8. The monoisotopic (exact) mass is 300 g/mol. The van der Waals surface area contributed by atoms with Crippen LogP contribution in [0.15, 0.2) is 24.3 Å². The SMILES string of the molecule is CN1CCN(C(=O)Cc2ccc(C3CCCCC3)cc2)CC1. The van der Waals surface area contributed by atoms with Crippen LogP contribution in [0.25, 0.3) is 0 Å². The first-order valence-electron chi connectivity index (χ1n) is 8.77. The second-order valence-corrected chi connectivity index (χ2v) is 6.94. The zero-order chi connectivity index (χ0) is 15.4. The van der Waals surface area contributed by atoms with Crippen molar-refractivity contribution in [1.29, 1.82) is 0 Å². The molecule has 0 atom stereocenters. The van der Waals surface area contributed by atoms with E-state index in [0.29, 0.717) is 6.42 Å². The van der Waals surface area contributed by atoms with Crippen LogP contribution in [0.2, 0.25) is 0 Å². The highest BCUT2D eigenvalue weighted by atomic mass is 16.2. The van der Waals surface area contributed by atoms with E-state index >= 15 is 0 Å². The Morgan fingerprint density at radius 1 is 1.00 bits per heavy atom. The number of piperazine rings is 1. The summed E-state index contributed by atoms with van der Waals surface area (Å²) in [4.78, 5) is 16.7. The third-order valence-electron chi connectivity index (χ3n) is 5.27. The summed E-state index contributed by atoms with van der Waals surface area (Å²) in [6.07, 6.45) is 7.35. The lowest BCUT2D eigenvalue weighted by Crippen LogP contribution is -2.47. The minimum absolute atomic E-state index is 0.276. The van der Waals surface area contributed by atoms with Crippen LogP contribution in [0.5, 0.6) is 0 Å². The van der Waals surface area contributed by atoms with Gasteiger partial charge in [-0.1, -0.05) is 43.5 Å². The smallest absolute Gasteiger partial charge is 0.227 e. The number of carbonyl (C=O) groups excluding carboxylic acids is 1. The Balaban J connectivity index is 1.55. The summed E-state index contributed by atoms with van der Waals surface area (Å²) in [5.41, 5.74) is 2.62. The van der Waals surface area contributed by atoms with E-state index in [1.165, 1.54) is 37.7 Å². The van der Waals surface area contributed by atoms with E-state index in [4.69, 9.17) is 0 Å². The number of likely N-dealkylation sites (N-methyl/N-ethyl adjacent to an activating group) is 1. The predicted molar refractivity (Wildman–Crippen MR) is 90.0 cm³/mol. The van der Waals surface area contributed by atoms with Crippen molar-refractivity contribution >= 4 is 5.91 Å². The van der Waals surface area contributed by atoms with Crippen LogP contribution >= 0.6 is 0 Å². The van der Waals surface area contributed by atoms with E-state index in [0.717, 1.165) is 37.7 Å². The molecule has 0 radical (unpaired) electrons. The van der Waals surface area contributed by atoms with Gasteiger partial charge in [0.2, 0.25) is 5.91 Å². The highest BCUT2D eigenvalue weighted by Crippen LogP contribution is 2.32. The topological polar surface area (TPSA) is 23.6 Å². The number of nitrogens with zero attached hydrogens (tertiary/aromatic N) is 2. The van der Waals surface area contributed by atoms with Crippen LogP contribution in [-0.2, 0) is 11.2 Å². The average molecular weight is 300 g/mol. The molecule has 0 unspecified atom stereocenters. The van der Waals surface area contributed by atoms with Crippen LogP contribution in [0.4, 0.5) is 0 Å². The molecule has 1 saturated heterocycles. The van der Waals surface area contributed by atoms with Gasteiger partial charge in [0, 0.05) is 26.2 Å². The lowest BCUT2D eigenvalue weighted by molar-refractivity contribution is -0.132. The molecular weight excluding hydrogens is 272 g/mol. The zero-order valence-electron chi connectivity index (χ0n) is 13.8. The molecular formula is C19H28N2O. The Morgan fingerprint density at radius 3 is 2.27 bits per heavy atom. The molecule has 22 heavy (non-hydrogen) atoms. The molecule has 3 nitrogen and oxygen atoms in total. The molecule has 1 aromatic carbocycles. The van der Waals surface area contributed by atoms with Gasteiger partial charge in [-0.25, -0.2) is 0 Å². The van der Waals surface area contributed by atoms with E-state index in [1.807, 2.05) is 4.90 Å². The number of benzene rings is 1. The number of hydrogen-bond acceptors (Lipinski definition) is 2. The fraction of sp³-hybridized carbons (Fsp3) is 0.632. The number of rotatable bonds is 3. The van der Waals surface area contributed by atoms with Crippen LogP contribution in [0.3, 0.4) is 0 Å².